The first-order chi connectivity index (χ1) is 35.2. The topological polar surface area (TPSA) is 265 Å². The summed E-state index contributed by atoms with van der Waals surface area (Å²) in [6, 6.07) is 13.5. The van der Waals surface area contributed by atoms with Gasteiger partial charge in [0.05, 0.1) is 0 Å². The summed E-state index contributed by atoms with van der Waals surface area (Å²) in [5.41, 5.74) is 1.77. The summed E-state index contributed by atoms with van der Waals surface area (Å²) in [6.45, 7) is 19.1. The van der Waals surface area contributed by atoms with Gasteiger partial charge in [-0.2, -0.15) is 0 Å². The van der Waals surface area contributed by atoms with Gasteiger partial charge in [0, 0.05) is 65.4 Å². The van der Waals surface area contributed by atoms with Gasteiger partial charge in [-0.05, 0) is 84.7 Å². The number of hydrogen-bond acceptors (Lipinski definition) is 12. The Morgan fingerprint density at radius 1 is 0.405 bits per heavy atom. The lowest BCUT2D eigenvalue weighted by molar-refractivity contribution is -0.124. The molecule has 20 nitrogen and oxygen atoms in total. The van der Waals surface area contributed by atoms with Crippen molar-refractivity contribution >= 4 is 47.3 Å². The average molecular weight is 1020 g/mol. The number of carbonyl (C=O) groups excluding carboxylic acids is 8. The summed E-state index contributed by atoms with van der Waals surface area (Å²) in [5.74, 6) is -3.56. The molecule has 4 heterocycles. The van der Waals surface area contributed by atoms with Gasteiger partial charge in [-0.25, -0.2) is 9.97 Å². The van der Waals surface area contributed by atoms with Gasteiger partial charge in [0.25, 0.3) is 23.6 Å². The normalized spacial score (nSPS) is 21.2. The standard InChI is InChI=1S/C54H78N12O8/c1-33(2)26-43-47(67)55-18-22-65(23-19-56-48(68)44(27-34(3)4)62-52(72)40-15-10-14-39(59-40)51(71)61-43)31-37-12-9-13-38(30-37)32-66-24-20-57-49(69)45(28-35(5)6)63-53(73)41-16-11-17-42(60-41)54(74)64-46(29-36(7)8)50(70)58-21-25-66/h9-17,30,33-36,43-46H,18-29,31-32H2,1-8H3,(H,55,67)(H,56,68)(H,57,69)(H,58,70)(H,61,71)(H,62,72)(H,63,73)(H,64,74)/t43-,44-,45-,46-/m0/s1. The number of rotatable bonds is 12. The highest BCUT2D eigenvalue weighted by Crippen LogP contribution is 2.15. The van der Waals surface area contributed by atoms with Gasteiger partial charge < -0.3 is 42.5 Å². The van der Waals surface area contributed by atoms with Crippen molar-refractivity contribution < 1.29 is 38.4 Å². The van der Waals surface area contributed by atoms with Crippen LogP contribution in [0.1, 0.15) is 134 Å². The third-order valence-electron chi connectivity index (χ3n) is 12.5. The second kappa shape index (κ2) is 28.6. The van der Waals surface area contributed by atoms with E-state index in [0.29, 0.717) is 65.0 Å². The highest BCUT2D eigenvalue weighted by atomic mass is 16.2. The molecular weight excluding hydrogens is 945 g/mol. The van der Waals surface area contributed by atoms with E-state index in [2.05, 4.69) is 68.4 Å². The van der Waals surface area contributed by atoms with E-state index in [4.69, 9.17) is 0 Å². The van der Waals surface area contributed by atoms with Crippen LogP contribution in [0.2, 0.25) is 0 Å². The molecule has 0 fully saturated rings. The SMILES string of the molecule is CC(C)C[C@@H]1NC(=O)c2cccc(n2)C(=O)N[C@@H](CC(C)C)C(=O)NCCN(Cc2cccc(CN3CCNC(=O)[C@H](CC(C)C)NC(=O)c4cccc(n4)C(=O)N[C@@H](CC(C)C)C(=O)NCC3)c2)CCNC1=O. The van der Waals surface area contributed by atoms with Gasteiger partial charge in [-0.15, -0.1) is 0 Å². The second-order valence-electron chi connectivity index (χ2n) is 21.0. The molecule has 2 aromatic heterocycles. The van der Waals surface area contributed by atoms with Crippen molar-refractivity contribution in [2.45, 2.75) is 118 Å². The molecule has 0 unspecified atom stereocenters. The minimum atomic E-state index is -0.861. The maximum absolute atomic E-state index is 13.7. The van der Waals surface area contributed by atoms with Crippen LogP contribution in [0.4, 0.5) is 0 Å². The Labute approximate surface area is 435 Å². The summed E-state index contributed by atoms with van der Waals surface area (Å²) in [5, 5.41) is 23.3. The molecule has 20 heteroatoms. The van der Waals surface area contributed by atoms with Crippen molar-refractivity contribution in [1.82, 2.24) is 62.3 Å². The van der Waals surface area contributed by atoms with E-state index in [-0.39, 0.29) is 96.3 Å². The lowest BCUT2D eigenvalue weighted by Gasteiger charge is -2.27. The van der Waals surface area contributed by atoms with Gasteiger partial charge in [0.2, 0.25) is 23.6 Å². The summed E-state index contributed by atoms with van der Waals surface area (Å²) in [7, 11) is 0. The number of carbonyl (C=O) groups is 8. The average Bonchev–Trinajstić information content (AvgIpc) is 3.34. The number of fused-ring (bicyclic) bond motifs is 4. The zero-order chi connectivity index (χ0) is 53.9. The van der Waals surface area contributed by atoms with Crippen molar-refractivity contribution in [3.8, 4) is 0 Å². The molecule has 0 aliphatic carbocycles. The van der Waals surface area contributed by atoms with E-state index in [1.165, 1.54) is 36.4 Å². The summed E-state index contributed by atoms with van der Waals surface area (Å²) in [6.07, 6.45) is 1.48. The quantitative estimate of drug-likeness (QED) is 0.130. The predicted molar refractivity (Wildman–Crippen MR) is 280 cm³/mol. The van der Waals surface area contributed by atoms with Crippen LogP contribution >= 0.6 is 0 Å². The van der Waals surface area contributed by atoms with E-state index in [1.54, 1.807) is 0 Å². The molecule has 2 aliphatic heterocycles. The maximum atomic E-state index is 13.7. The van der Waals surface area contributed by atoms with E-state index in [9.17, 15) is 38.4 Å². The van der Waals surface area contributed by atoms with E-state index >= 15 is 0 Å². The Balaban J connectivity index is 1.36. The molecule has 4 bridgehead atoms. The summed E-state index contributed by atoms with van der Waals surface area (Å²) >= 11 is 0. The minimum Gasteiger partial charge on any atom is -0.353 e. The fraction of sp³-hybridized carbons (Fsp3) is 0.556. The number of benzene rings is 1. The summed E-state index contributed by atoms with van der Waals surface area (Å²) < 4.78 is 0. The highest BCUT2D eigenvalue weighted by Gasteiger charge is 2.29. The smallest absolute Gasteiger partial charge is 0.270 e. The minimum absolute atomic E-state index is 0.0323. The van der Waals surface area contributed by atoms with Crippen LogP contribution in [0.5, 0.6) is 0 Å². The number of amides is 8. The Morgan fingerprint density at radius 2 is 0.649 bits per heavy atom. The number of nitrogens with one attached hydrogen (secondary N) is 8. The zero-order valence-electron chi connectivity index (χ0n) is 44.3. The molecule has 3 aromatic rings. The summed E-state index contributed by atoms with van der Waals surface area (Å²) in [4.78, 5) is 121. The van der Waals surface area contributed by atoms with Crippen molar-refractivity contribution in [3.63, 3.8) is 0 Å². The van der Waals surface area contributed by atoms with E-state index in [0.717, 1.165) is 11.1 Å². The Hall–Kier alpha value is -6.80. The van der Waals surface area contributed by atoms with Crippen molar-refractivity contribution in [3.05, 3.63) is 94.6 Å². The van der Waals surface area contributed by atoms with Gasteiger partial charge in [0.15, 0.2) is 0 Å². The first-order valence-corrected chi connectivity index (χ1v) is 26.0. The van der Waals surface area contributed by atoms with Crippen LogP contribution in [-0.2, 0) is 32.3 Å². The third-order valence-corrected chi connectivity index (χ3v) is 12.5. The molecule has 0 spiro atoms. The fourth-order valence-corrected chi connectivity index (χ4v) is 8.84. The van der Waals surface area contributed by atoms with Crippen LogP contribution in [-0.4, -0.2) is 144 Å². The van der Waals surface area contributed by atoms with Crippen LogP contribution in [0.3, 0.4) is 0 Å². The molecule has 8 amide bonds. The van der Waals surface area contributed by atoms with E-state index < -0.39 is 47.8 Å². The highest BCUT2D eigenvalue weighted by molar-refractivity contribution is 6.01. The lowest BCUT2D eigenvalue weighted by Crippen LogP contribution is -2.50. The van der Waals surface area contributed by atoms with Crippen molar-refractivity contribution in [2.75, 3.05) is 52.4 Å². The second-order valence-corrected chi connectivity index (χ2v) is 21.0. The molecule has 5 rings (SSSR count). The van der Waals surface area contributed by atoms with Crippen LogP contribution in [0.25, 0.3) is 0 Å². The molecule has 0 radical (unpaired) electrons. The molecule has 2 aliphatic rings. The van der Waals surface area contributed by atoms with Gasteiger partial charge in [-0.1, -0.05) is 91.8 Å². The Bertz CT molecular complexity index is 2140. The van der Waals surface area contributed by atoms with Crippen LogP contribution < -0.4 is 42.5 Å². The largest absolute Gasteiger partial charge is 0.353 e. The first-order valence-electron chi connectivity index (χ1n) is 26.0. The molecule has 402 valence electrons. The monoisotopic (exact) mass is 1020 g/mol. The Morgan fingerprint density at radius 3 is 0.892 bits per heavy atom. The zero-order valence-corrected chi connectivity index (χ0v) is 44.3. The number of nitrogens with zero attached hydrogens (tertiary/aromatic N) is 4. The first kappa shape index (κ1) is 58.1. The van der Waals surface area contributed by atoms with Crippen molar-refractivity contribution in [2.24, 2.45) is 23.7 Å². The number of hydrogen-bond donors (Lipinski definition) is 8. The fourth-order valence-electron chi connectivity index (χ4n) is 8.84. The van der Waals surface area contributed by atoms with Gasteiger partial charge in [0.1, 0.15) is 46.9 Å². The molecule has 4 atom stereocenters. The molecule has 1 aromatic carbocycles. The molecule has 8 N–H and O–H groups in total. The molecular formula is C54H78N12O8. The van der Waals surface area contributed by atoms with Gasteiger partial charge >= 0.3 is 0 Å². The van der Waals surface area contributed by atoms with Crippen LogP contribution in [0, 0.1) is 23.7 Å². The maximum Gasteiger partial charge on any atom is 0.270 e. The van der Waals surface area contributed by atoms with Crippen LogP contribution in [0.15, 0.2) is 60.7 Å². The number of pyridine rings is 2. The molecule has 0 saturated carbocycles. The third kappa shape index (κ3) is 18.9. The Kier molecular flexibility index (Phi) is 22.5. The van der Waals surface area contributed by atoms with Crippen molar-refractivity contribution in [1.29, 1.82) is 0 Å². The molecule has 0 saturated heterocycles. The number of aromatic nitrogens is 2. The lowest BCUT2D eigenvalue weighted by atomic mass is 10.0. The molecule has 74 heavy (non-hydrogen) atoms. The van der Waals surface area contributed by atoms with E-state index in [1.807, 2.05) is 73.6 Å². The predicted octanol–water partition coefficient (Wildman–Crippen LogP) is 2.55. The van der Waals surface area contributed by atoms with Gasteiger partial charge in [-0.3, -0.25) is 48.2 Å².